The lowest BCUT2D eigenvalue weighted by atomic mass is 10.1. The quantitative estimate of drug-likeness (QED) is 0.772. The van der Waals surface area contributed by atoms with Crippen molar-refractivity contribution in [3.05, 3.63) is 29.6 Å². The summed E-state index contributed by atoms with van der Waals surface area (Å²) >= 11 is 0. The first kappa shape index (κ1) is 14.3. The van der Waals surface area contributed by atoms with Crippen molar-refractivity contribution in [1.82, 2.24) is 5.32 Å². The molecule has 0 heterocycles. The van der Waals surface area contributed by atoms with E-state index in [0.717, 1.165) is 49.8 Å². The number of hydrogen-bond acceptors (Lipinski definition) is 2. The molecule has 1 aliphatic carbocycles. The fourth-order valence-corrected chi connectivity index (χ4v) is 2.49. The van der Waals surface area contributed by atoms with Gasteiger partial charge in [0.05, 0.1) is 5.69 Å². The van der Waals surface area contributed by atoms with E-state index < -0.39 is 0 Å². The lowest BCUT2D eigenvalue weighted by molar-refractivity contribution is 0.601. The Bertz CT molecular complexity index is 402. The Balaban J connectivity index is 2.21. The highest BCUT2D eigenvalue weighted by molar-refractivity contribution is 5.55. The van der Waals surface area contributed by atoms with Crippen LogP contribution in [0.4, 0.5) is 10.1 Å². The number of hydrogen-bond donors (Lipinski definition) is 1. The molecule has 0 aromatic heterocycles. The van der Waals surface area contributed by atoms with Crippen LogP contribution in [0.2, 0.25) is 0 Å². The van der Waals surface area contributed by atoms with Gasteiger partial charge in [-0.1, -0.05) is 26.0 Å². The molecule has 1 aliphatic rings. The summed E-state index contributed by atoms with van der Waals surface area (Å²) in [5.74, 6) is 0.697. The Kier molecular flexibility index (Phi) is 5.20. The summed E-state index contributed by atoms with van der Waals surface area (Å²) < 4.78 is 14.3. The van der Waals surface area contributed by atoms with Crippen LogP contribution in [0.3, 0.4) is 0 Å². The number of nitrogens with one attached hydrogen (secondary N) is 1. The highest BCUT2D eigenvalue weighted by atomic mass is 19.1. The van der Waals surface area contributed by atoms with Crippen LogP contribution in [0.5, 0.6) is 0 Å². The second kappa shape index (κ2) is 6.90. The number of nitrogens with zero attached hydrogens (tertiary/aromatic N) is 1. The third kappa shape index (κ3) is 3.93. The van der Waals surface area contributed by atoms with Crippen LogP contribution in [0.25, 0.3) is 0 Å². The van der Waals surface area contributed by atoms with Gasteiger partial charge in [-0.05, 0) is 43.4 Å². The molecular weight excluding hydrogens is 239 g/mol. The summed E-state index contributed by atoms with van der Waals surface area (Å²) in [5.41, 5.74) is 1.90. The minimum absolute atomic E-state index is 0.0792. The van der Waals surface area contributed by atoms with Gasteiger partial charge in [0.2, 0.25) is 0 Å². The van der Waals surface area contributed by atoms with Gasteiger partial charge in [0.15, 0.2) is 0 Å². The monoisotopic (exact) mass is 264 g/mol. The Morgan fingerprint density at radius 1 is 1.32 bits per heavy atom. The summed E-state index contributed by atoms with van der Waals surface area (Å²) in [7, 11) is 0. The van der Waals surface area contributed by atoms with Crippen molar-refractivity contribution in [3.63, 3.8) is 0 Å². The van der Waals surface area contributed by atoms with Gasteiger partial charge in [-0.2, -0.15) is 0 Å². The number of anilines is 1. The van der Waals surface area contributed by atoms with Gasteiger partial charge in [-0.25, -0.2) is 4.39 Å². The molecule has 1 saturated carbocycles. The number of para-hydroxylation sites is 1. The van der Waals surface area contributed by atoms with E-state index in [1.165, 1.54) is 12.8 Å². The molecule has 1 fully saturated rings. The van der Waals surface area contributed by atoms with Crippen molar-refractivity contribution in [2.75, 3.05) is 24.5 Å². The number of halogens is 1. The Morgan fingerprint density at radius 2 is 2.11 bits per heavy atom. The molecule has 0 atom stereocenters. The molecule has 1 aromatic carbocycles. The van der Waals surface area contributed by atoms with Crippen molar-refractivity contribution in [2.24, 2.45) is 5.92 Å². The molecule has 0 unspecified atom stereocenters. The Labute approximate surface area is 116 Å². The number of rotatable bonds is 8. The summed E-state index contributed by atoms with van der Waals surface area (Å²) in [6, 6.07) is 5.43. The van der Waals surface area contributed by atoms with E-state index in [1.54, 1.807) is 6.07 Å². The first-order chi connectivity index (χ1) is 9.26. The summed E-state index contributed by atoms with van der Waals surface area (Å²) in [4.78, 5) is 2.25. The van der Waals surface area contributed by atoms with Crippen LogP contribution in [-0.2, 0) is 6.54 Å². The van der Waals surface area contributed by atoms with Crippen LogP contribution in [0, 0.1) is 11.7 Å². The Hall–Kier alpha value is -1.09. The maximum Gasteiger partial charge on any atom is 0.146 e. The van der Waals surface area contributed by atoms with E-state index in [1.807, 2.05) is 12.1 Å². The molecule has 0 saturated heterocycles. The van der Waals surface area contributed by atoms with Gasteiger partial charge in [0.1, 0.15) is 5.82 Å². The third-order valence-electron chi connectivity index (χ3n) is 3.62. The second-order valence-electron chi connectivity index (χ2n) is 5.42. The van der Waals surface area contributed by atoms with Crippen molar-refractivity contribution in [2.45, 2.75) is 39.7 Å². The average Bonchev–Trinajstić information content (AvgIpc) is 3.20. The molecular formula is C16H25FN2. The molecule has 0 amide bonds. The topological polar surface area (TPSA) is 15.3 Å². The highest BCUT2D eigenvalue weighted by Crippen LogP contribution is 2.33. The smallest absolute Gasteiger partial charge is 0.146 e. The van der Waals surface area contributed by atoms with Crippen molar-refractivity contribution < 1.29 is 4.39 Å². The van der Waals surface area contributed by atoms with Crippen molar-refractivity contribution in [3.8, 4) is 0 Å². The van der Waals surface area contributed by atoms with Gasteiger partial charge in [0.25, 0.3) is 0 Å². The maximum atomic E-state index is 14.3. The lowest BCUT2D eigenvalue weighted by Gasteiger charge is -2.27. The molecule has 19 heavy (non-hydrogen) atoms. The highest BCUT2D eigenvalue weighted by Gasteiger charge is 2.26. The van der Waals surface area contributed by atoms with Gasteiger partial charge in [-0.3, -0.25) is 0 Å². The molecule has 0 bridgehead atoms. The molecule has 2 rings (SSSR count). The van der Waals surface area contributed by atoms with Crippen molar-refractivity contribution >= 4 is 5.69 Å². The minimum atomic E-state index is -0.0792. The number of benzene rings is 1. The first-order valence-electron chi connectivity index (χ1n) is 7.49. The fraction of sp³-hybridized carbons (Fsp3) is 0.625. The predicted octanol–water partition coefficient (Wildman–Crippen LogP) is 3.56. The van der Waals surface area contributed by atoms with Crippen LogP contribution in [0.15, 0.2) is 18.2 Å². The minimum Gasteiger partial charge on any atom is -0.369 e. The van der Waals surface area contributed by atoms with E-state index >= 15 is 0 Å². The maximum absolute atomic E-state index is 14.3. The van der Waals surface area contributed by atoms with Crippen LogP contribution >= 0.6 is 0 Å². The van der Waals surface area contributed by atoms with Gasteiger partial charge >= 0.3 is 0 Å². The molecule has 1 N–H and O–H groups in total. The predicted molar refractivity (Wildman–Crippen MR) is 79.0 cm³/mol. The van der Waals surface area contributed by atoms with Gasteiger partial charge < -0.3 is 10.2 Å². The van der Waals surface area contributed by atoms with Gasteiger partial charge in [0, 0.05) is 19.6 Å². The Morgan fingerprint density at radius 3 is 2.74 bits per heavy atom. The zero-order valence-electron chi connectivity index (χ0n) is 12.1. The summed E-state index contributed by atoms with van der Waals surface area (Å²) in [6.07, 6.45) is 3.66. The standard InChI is InChI=1S/C16H25FN2/c1-3-10-19(12-13-8-9-13)16-14(11-18-4-2)6-5-7-15(16)17/h5-7,13,18H,3-4,8-12H2,1-2H3. The zero-order valence-corrected chi connectivity index (χ0v) is 12.1. The molecule has 3 heteroatoms. The van der Waals surface area contributed by atoms with E-state index in [9.17, 15) is 4.39 Å². The summed E-state index contributed by atoms with van der Waals surface area (Å²) in [5, 5.41) is 3.30. The molecule has 1 aromatic rings. The largest absolute Gasteiger partial charge is 0.369 e. The third-order valence-corrected chi connectivity index (χ3v) is 3.62. The zero-order chi connectivity index (χ0) is 13.7. The normalized spacial score (nSPS) is 14.7. The van der Waals surface area contributed by atoms with E-state index in [2.05, 4.69) is 24.1 Å². The van der Waals surface area contributed by atoms with Crippen molar-refractivity contribution in [1.29, 1.82) is 0 Å². The molecule has 0 radical (unpaired) electrons. The van der Waals surface area contributed by atoms with E-state index in [4.69, 9.17) is 0 Å². The molecule has 2 nitrogen and oxygen atoms in total. The SMILES string of the molecule is CCCN(CC1CC1)c1c(F)cccc1CNCC. The van der Waals surface area contributed by atoms with E-state index in [-0.39, 0.29) is 5.82 Å². The van der Waals surface area contributed by atoms with E-state index in [0.29, 0.717) is 0 Å². The molecule has 0 spiro atoms. The summed E-state index contributed by atoms with van der Waals surface area (Å²) in [6.45, 7) is 7.84. The van der Waals surface area contributed by atoms with Crippen LogP contribution in [-0.4, -0.2) is 19.6 Å². The molecule has 106 valence electrons. The van der Waals surface area contributed by atoms with Gasteiger partial charge in [-0.15, -0.1) is 0 Å². The second-order valence-corrected chi connectivity index (χ2v) is 5.42. The van der Waals surface area contributed by atoms with Crippen LogP contribution < -0.4 is 10.2 Å². The van der Waals surface area contributed by atoms with Crippen LogP contribution in [0.1, 0.15) is 38.7 Å². The molecule has 0 aliphatic heterocycles. The fourth-order valence-electron chi connectivity index (χ4n) is 2.49. The average molecular weight is 264 g/mol. The lowest BCUT2D eigenvalue weighted by Crippen LogP contribution is -2.29. The first-order valence-corrected chi connectivity index (χ1v) is 7.49.